The molecule has 4 heteroatoms. The molecule has 21 heavy (non-hydrogen) atoms. The van der Waals surface area contributed by atoms with Crippen LogP contribution in [0.25, 0.3) is 0 Å². The van der Waals surface area contributed by atoms with Gasteiger partial charge in [-0.25, -0.2) is 9.97 Å². The van der Waals surface area contributed by atoms with Gasteiger partial charge < -0.3 is 5.32 Å². The van der Waals surface area contributed by atoms with Gasteiger partial charge in [0.25, 0.3) is 0 Å². The largest absolute Gasteiger partial charge is 0.320 e. The van der Waals surface area contributed by atoms with Gasteiger partial charge in [-0.05, 0) is 63.5 Å². The minimum atomic E-state index is 0.746. The number of nitrogens with zero attached hydrogens (tertiary/aromatic N) is 2. The van der Waals surface area contributed by atoms with E-state index in [0.717, 1.165) is 48.0 Å². The number of hydrogen-bond acceptors (Lipinski definition) is 3. The topological polar surface area (TPSA) is 37.8 Å². The zero-order chi connectivity index (χ0) is 15.2. The van der Waals surface area contributed by atoms with Gasteiger partial charge in [-0.2, -0.15) is 0 Å². The van der Waals surface area contributed by atoms with E-state index in [9.17, 15) is 0 Å². The zero-order valence-corrected chi connectivity index (χ0v) is 13.7. The van der Waals surface area contributed by atoms with Gasteiger partial charge in [-0.15, -0.1) is 0 Å². The Labute approximate surface area is 131 Å². The molecule has 0 amide bonds. The summed E-state index contributed by atoms with van der Waals surface area (Å²) in [5, 5.41) is 3.93. The summed E-state index contributed by atoms with van der Waals surface area (Å²) in [5.74, 6) is 0.879. The van der Waals surface area contributed by atoms with E-state index >= 15 is 0 Å². The maximum absolute atomic E-state index is 5.91. The first-order valence-corrected chi connectivity index (χ1v) is 7.70. The van der Waals surface area contributed by atoms with Crippen molar-refractivity contribution < 1.29 is 0 Å². The van der Waals surface area contributed by atoms with Gasteiger partial charge in [0.15, 0.2) is 0 Å². The Morgan fingerprint density at radius 2 is 1.67 bits per heavy atom. The number of benzene rings is 1. The van der Waals surface area contributed by atoms with Crippen molar-refractivity contribution in [2.24, 2.45) is 0 Å². The fourth-order valence-electron chi connectivity index (χ4n) is 2.48. The van der Waals surface area contributed by atoms with Crippen molar-refractivity contribution in [3.8, 4) is 0 Å². The molecule has 0 fully saturated rings. The second-order valence-corrected chi connectivity index (χ2v) is 5.74. The summed E-state index contributed by atoms with van der Waals surface area (Å²) in [5.41, 5.74) is 4.66. The summed E-state index contributed by atoms with van der Waals surface area (Å²) in [6.07, 6.45) is 2.88. The van der Waals surface area contributed by atoms with Gasteiger partial charge in [0.05, 0.1) is 0 Å². The number of hydrogen-bond donors (Lipinski definition) is 1. The lowest BCUT2D eigenvalue weighted by molar-refractivity contribution is 0.712. The molecule has 0 spiro atoms. The van der Waals surface area contributed by atoms with E-state index in [-0.39, 0.29) is 0 Å². The van der Waals surface area contributed by atoms with Crippen LogP contribution in [0.3, 0.4) is 0 Å². The average Bonchev–Trinajstić information content (AvgIpc) is 2.44. The van der Waals surface area contributed by atoms with Crippen LogP contribution in [0.5, 0.6) is 0 Å². The van der Waals surface area contributed by atoms with Crippen LogP contribution in [0.4, 0.5) is 0 Å². The van der Waals surface area contributed by atoms with E-state index in [1.807, 2.05) is 31.3 Å². The van der Waals surface area contributed by atoms with Gasteiger partial charge in [-0.1, -0.05) is 23.7 Å². The third-order valence-corrected chi connectivity index (χ3v) is 3.85. The molecular formula is C17H22ClN3. The molecule has 0 aliphatic carbocycles. The highest BCUT2D eigenvalue weighted by atomic mass is 35.5. The van der Waals surface area contributed by atoms with Crippen LogP contribution in [0.1, 0.15) is 34.8 Å². The van der Waals surface area contributed by atoms with Crippen molar-refractivity contribution in [3.63, 3.8) is 0 Å². The lowest BCUT2D eigenvalue weighted by Gasteiger charge is -2.11. The smallest absolute Gasteiger partial charge is 0.133 e. The fourth-order valence-corrected chi connectivity index (χ4v) is 2.60. The molecule has 0 radical (unpaired) electrons. The first-order chi connectivity index (χ1) is 10.1. The Bertz CT molecular complexity index is 570. The van der Waals surface area contributed by atoms with E-state index in [2.05, 4.69) is 29.1 Å². The summed E-state index contributed by atoms with van der Waals surface area (Å²) in [6.45, 7) is 5.18. The lowest BCUT2D eigenvalue weighted by Crippen LogP contribution is -2.11. The predicted molar refractivity (Wildman–Crippen MR) is 88.0 cm³/mol. The van der Waals surface area contributed by atoms with E-state index in [1.165, 1.54) is 11.1 Å². The molecule has 1 N–H and O–H groups in total. The Hall–Kier alpha value is -1.45. The van der Waals surface area contributed by atoms with Crippen molar-refractivity contribution in [1.29, 1.82) is 0 Å². The van der Waals surface area contributed by atoms with Crippen LogP contribution in [0.15, 0.2) is 24.3 Å². The van der Waals surface area contributed by atoms with Gasteiger partial charge in [-0.3, -0.25) is 0 Å². The number of halogens is 1. The van der Waals surface area contributed by atoms with Crippen LogP contribution >= 0.6 is 11.6 Å². The number of aromatic nitrogens is 2. The van der Waals surface area contributed by atoms with Crippen LogP contribution in [0.2, 0.25) is 5.02 Å². The number of rotatable bonds is 6. The van der Waals surface area contributed by atoms with Crippen molar-refractivity contribution in [2.45, 2.75) is 33.1 Å². The highest BCUT2D eigenvalue weighted by Gasteiger charge is 2.09. The summed E-state index contributed by atoms with van der Waals surface area (Å²) >= 11 is 5.91. The van der Waals surface area contributed by atoms with Crippen molar-refractivity contribution in [2.75, 3.05) is 13.6 Å². The maximum atomic E-state index is 5.91. The third kappa shape index (κ3) is 4.51. The SMILES string of the molecule is CNCCCc1c(C)nc(Cc2ccc(Cl)cc2)nc1C. The minimum absolute atomic E-state index is 0.746. The summed E-state index contributed by atoms with van der Waals surface area (Å²) in [7, 11) is 1.98. The van der Waals surface area contributed by atoms with Gasteiger partial charge in [0.1, 0.15) is 5.82 Å². The molecular weight excluding hydrogens is 282 g/mol. The highest BCUT2D eigenvalue weighted by Crippen LogP contribution is 2.16. The predicted octanol–water partition coefficient (Wildman–Crippen LogP) is 3.49. The molecule has 2 aromatic rings. The molecule has 112 valence electrons. The molecule has 1 aromatic carbocycles. The quantitative estimate of drug-likeness (QED) is 0.830. The molecule has 2 rings (SSSR count). The molecule has 0 saturated carbocycles. The molecule has 0 atom stereocenters. The molecule has 0 bridgehead atoms. The molecule has 0 unspecified atom stereocenters. The second kappa shape index (κ2) is 7.53. The normalized spacial score (nSPS) is 10.9. The standard InChI is InChI=1S/C17H22ClN3/c1-12-16(5-4-10-19-3)13(2)21-17(20-12)11-14-6-8-15(18)9-7-14/h6-9,19H,4-5,10-11H2,1-3H3. The molecule has 0 aliphatic rings. The van der Waals surface area contributed by atoms with E-state index < -0.39 is 0 Å². The number of aryl methyl sites for hydroxylation is 2. The van der Waals surface area contributed by atoms with E-state index in [4.69, 9.17) is 11.6 Å². The second-order valence-electron chi connectivity index (χ2n) is 5.30. The molecule has 1 aromatic heterocycles. The van der Waals surface area contributed by atoms with Crippen molar-refractivity contribution in [3.05, 3.63) is 57.6 Å². The molecule has 0 aliphatic heterocycles. The lowest BCUT2D eigenvalue weighted by atomic mass is 10.1. The first-order valence-electron chi connectivity index (χ1n) is 7.32. The van der Waals surface area contributed by atoms with Gasteiger partial charge in [0, 0.05) is 22.8 Å². The van der Waals surface area contributed by atoms with Crippen molar-refractivity contribution in [1.82, 2.24) is 15.3 Å². The monoisotopic (exact) mass is 303 g/mol. The molecule has 0 saturated heterocycles. The Morgan fingerprint density at radius 3 is 2.24 bits per heavy atom. The Kier molecular flexibility index (Phi) is 5.71. The third-order valence-electron chi connectivity index (χ3n) is 3.60. The van der Waals surface area contributed by atoms with Crippen LogP contribution in [0, 0.1) is 13.8 Å². The summed E-state index contributed by atoms with van der Waals surface area (Å²) in [6, 6.07) is 7.86. The van der Waals surface area contributed by atoms with E-state index in [1.54, 1.807) is 0 Å². The first kappa shape index (κ1) is 15.9. The number of nitrogens with one attached hydrogen (secondary N) is 1. The Morgan fingerprint density at radius 1 is 1.05 bits per heavy atom. The summed E-state index contributed by atoms with van der Waals surface area (Å²) < 4.78 is 0. The van der Waals surface area contributed by atoms with Crippen LogP contribution in [-0.2, 0) is 12.8 Å². The maximum Gasteiger partial charge on any atom is 0.133 e. The highest BCUT2D eigenvalue weighted by molar-refractivity contribution is 6.30. The Balaban J connectivity index is 2.13. The van der Waals surface area contributed by atoms with Gasteiger partial charge in [0.2, 0.25) is 0 Å². The van der Waals surface area contributed by atoms with Crippen LogP contribution in [-0.4, -0.2) is 23.6 Å². The van der Waals surface area contributed by atoms with Gasteiger partial charge >= 0.3 is 0 Å². The minimum Gasteiger partial charge on any atom is -0.320 e. The molecule has 1 heterocycles. The van der Waals surface area contributed by atoms with E-state index in [0.29, 0.717) is 0 Å². The molecule has 3 nitrogen and oxygen atoms in total. The summed E-state index contributed by atoms with van der Waals surface area (Å²) in [4.78, 5) is 9.33. The fraction of sp³-hybridized carbons (Fsp3) is 0.412. The zero-order valence-electron chi connectivity index (χ0n) is 12.9. The van der Waals surface area contributed by atoms with Crippen molar-refractivity contribution >= 4 is 11.6 Å². The average molecular weight is 304 g/mol. The van der Waals surface area contributed by atoms with Crippen LogP contribution < -0.4 is 5.32 Å².